The van der Waals surface area contributed by atoms with E-state index in [-0.39, 0.29) is 12.1 Å². The summed E-state index contributed by atoms with van der Waals surface area (Å²) in [5.41, 5.74) is -1.65. The molecule has 0 saturated heterocycles. The maximum atomic E-state index is 13.9. The zero-order chi connectivity index (χ0) is 29.5. The summed E-state index contributed by atoms with van der Waals surface area (Å²) < 4.78 is 215. The monoisotopic (exact) mass is 580 g/mol. The van der Waals surface area contributed by atoms with Crippen LogP contribution in [-0.2, 0) is 19.1 Å². The average Bonchev–Trinajstić information content (AvgIpc) is 2.70. The fourth-order valence-electron chi connectivity index (χ4n) is 1.94. The molecule has 2 radical (unpaired) electrons. The summed E-state index contributed by atoms with van der Waals surface area (Å²) in [6.07, 6.45) is -40.1. The third kappa shape index (κ3) is 6.36. The quantitative estimate of drug-likeness (QED) is 0.323. The lowest BCUT2D eigenvalue weighted by molar-refractivity contribution is -0.543. The van der Waals surface area contributed by atoms with E-state index in [4.69, 9.17) is 0 Å². The van der Waals surface area contributed by atoms with E-state index in [0.29, 0.717) is 6.07 Å². The van der Waals surface area contributed by atoms with Crippen LogP contribution in [0.3, 0.4) is 0 Å². The molecule has 5 nitrogen and oxygen atoms in total. The van der Waals surface area contributed by atoms with Gasteiger partial charge in [-0.1, -0.05) is 0 Å². The van der Waals surface area contributed by atoms with Gasteiger partial charge in [-0.3, -0.25) is 19.1 Å². The lowest BCUT2D eigenvalue weighted by atomic mass is 10.1. The number of hydrogen-bond donors (Lipinski definition) is 0. The standard InChI is InChI=1S/C16H4F16O5/c17-9(10(18,19)35-8-2-6(4-33)1-7(3-8)5-34)36-16(31,32)12(22,14(26,27)28)37-15(29,30)11(20,21)13(23,24)25/h1-3,9H. The highest BCUT2D eigenvalue weighted by molar-refractivity contribution is 5.83. The van der Waals surface area contributed by atoms with Gasteiger partial charge in [0.1, 0.15) is 5.75 Å². The Morgan fingerprint density at radius 1 is 0.649 bits per heavy atom. The first-order chi connectivity index (χ1) is 16.3. The summed E-state index contributed by atoms with van der Waals surface area (Å²) in [7, 11) is 0. The van der Waals surface area contributed by atoms with E-state index in [0.717, 1.165) is 12.6 Å². The van der Waals surface area contributed by atoms with Gasteiger partial charge in [0.15, 0.2) is 0 Å². The number of alkyl halides is 16. The van der Waals surface area contributed by atoms with Crippen LogP contribution in [0.4, 0.5) is 70.2 Å². The molecule has 2 atom stereocenters. The summed E-state index contributed by atoms with van der Waals surface area (Å²) in [5, 5.41) is 0. The van der Waals surface area contributed by atoms with E-state index in [1.165, 1.54) is 4.74 Å². The molecule has 210 valence electrons. The highest BCUT2D eigenvalue weighted by atomic mass is 19.4. The van der Waals surface area contributed by atoms with E-state index in [9.17, 15) is 79.8 Å². The first kappa shape index (κ1) is 32.2. The predicted molar refractivity (Wildman–Crippen MR) is 79.5 cm³/mol. The summed E-state index contributed by atoms with van der Waals surface area (Å²) in [5.74, 6) is -17.1. The topological polar surface area (TPSA) is 61.8 Å². The Morgan fingerprint density at radius 2 is 1.08 bits per heavy atom. The number of ether oxygens (including phenoxy) is 3. The Bertz CT molecular complexity index is 962. The zero-order valence-corrected chi connectivity index (χ0v) is 16.4. The molecule has 2 unspecified atom stereocenters. The van der Waals surface area contributed by atoms with Gasteiger partial charge in [-0.2, -0.15) is 65.9 Å². The molecule has 0 saturated carbocycles. The van der Waals surface area contributed by atoms with Crippen LogP contribution in [0.15, 0.2) is 18.2 Å². The molecule has 0 fully saturated rings. The van der Waals surface area contributed by atoms with Crippen molar-refractivity contribution >= 4 is 12.6 Å². The summed E-state index contributed by atoms with van der Waals surface area (Å²) in [6, 6.07) is 0.951. The van der Waals surface area contributed by atoms with Crippen molar-refractivity contribution in [1.82, 2.24) is 0 Å². The molecule has 0 aliphatic heterocycles. The third-order valence-corrected chi connectivity index (χ3v) is 3.64. The normalized spacial score (nSPS) is 16.6. The number of halogens is 16. The highest BCUT2D eigenvalue weighted by Gasteiger charge is 2.84. The van der Waals surface area contributed by atoms with Crippen molar-refractivity contribution in [3.63, 3.8) is 0 Å². The van der Waals surface area contributed by atoms with Gasteiger partial charge < -0.3 is 4.74 Å². The summed E-state index contributed by atoms with van der Waals surface area (Å²) >= 11 is 0. The lowest BCUT2D eigenvalue weighted by Crippen LogP contribution is -2.66. The fraction of sp³-hybridized carbons (Fsp3) is 0.500. The van der Waals surface area contributed by atoms with Crippen molar-refractivity contribution in [2.75, 3.05) is 0 Å². The van der Waals surface area contributed by atoms with Crippen LogP contribution in [0.25, 0.3) is 0 Å². The minimum absolute atomic E-state index is 0.185. The molecule has 0 bridgehead atoms. The molecule has 21 heteroatoms. The molecular weight excluding hydrogens is 576 g/mol. The predicted octanol–water partition coefficient (Wildman–Crippen LogP) is 5.51. The first-order valence-electron chi connectivity index (χ1n) is 8.24. The molecular formula is C16H4F16O5. The van der Waals surface area contributed by atoms with Gasteiger partial charge >= 0.3 is 48.8 Å². The Balaban J connectivity index is 3.40. The van der Waals surface area contributed by atoms with Crippen molar-refractivity contribution in [3.05, 3.63) is 29.3 Å². The Morgan fingerprint density at radius 3 is 1.43 bits per heavy atom. The Kier molecular flexibility index (Phi) is 8.53. The third-order valence-electron chi connectivity index (χ3n) is 3.64. The van der Waals surface area contributed by atoms with Gasteiger partial charge in [0.05, 0.1) is 0 Å². The molecule has 0 N–H and O–H groups in total. The molecule has 0 aliphatic carbocycles. The number of hydrogen-bond acceptors (Lipinski definition) is 5. The number of benzene rings is 1. The molecule has 1 aromatic carbocycles. The molecule has 0 amide bonds. The van der Waals surface area contributed by atoms with E-state index in [2.05, 4.69) is 9.47 Å². The van der Waals surface area contributed by atoms with E-state index < -0.39 is 65.7 Å². The highest BCUT2D eigenvalue weighted by Crippen LogP contribution is 2.55. The van der Waals surface area contributed by atoms with Gasteiger partial charge in [-0.25, -0.2) is 4.39 Å². The maximum Gasteiger partial charge on any atom is 0.462 e. The molecule has 0 heterocycles. The molecule has 37 heavy (non-hydrogen) atoms. The van der Waals surface area contributed by atoms with E-state index in [1.807, 2.05) is 0 Å². The molecule has 1 rings (SSSR count). The van der Waals surface area contributed by atoms with Gasteiger partial charge in [-0.05, 0) is 18.2 Å². The summed E-state index contributed by atoms with van der Waals surface area (Å²) in [4.78, 5) is 21.0. The second-order valence-corrected chi connectivity index (χ2v) is 6.35. The first-order valence-corrected chi connectivity index (χ1v) is 8.24. The minimum atomic E-state index is -7.83. The van der Waals surface area contributed by atoms with Crippen molar-refractivity contribution in [2.24, 2.45) is 0 Å². The van der Waals surface area contributed by atoms with Crippen LogP contribution < -0.4 is 4.74 Å². The molecule has 1 aromatic rings. The van der Waals surface area contributed by atoms with Crippen molar-refractivity contribution < 1.29 is 94.0 Å². The van der Waals surface area contributed by atoms with E-state index >= 15 is 0 Å². The SMILES string of the molecule is O=[C]c1cc([C]=O)cc(OC(F)(F)C(F)OC(F)(F)C(F)(OC(F)(F)C(F)(F)C(F)(F)F)C(F)(F)F)c1. The average molecular weight is 580 g/mol. The van der Waals surface area contributed by atoms with Gasteiger partial charge in [0.2, 0.25) is 12.6 Å². The van der Waals surface area contributed by atoms with Crippen molar-refractivity contribution in [3.8, 4) is 5.75 Å². The van der Waals surface area contributed by atoms with E-state index in [1.54, 1.807) is 0 Å². The second kappa shape index (κ2) is 9.80. The Hall–Kier alpha value is -2.84. The Labute approximate surface area is 191 Å². The van der Waals surface area contributed by atoms with Crippen molar-refractivity contribution in [2.45, 2.75) is 48.8 Å². The lowest BCUT2D eigenvalue weighted by Gasteiger charge is -2.38. The van der Waals surface area contributed by atoms with Crippen LogP contribution in [0, 0.1) is 0 Å². The largest absolute Gasteiger partial charge is 0.462 e. The maximum absolute atomic E-state index is 13.9. The molecule has 0 spiro atoms. The minimum Gasteiger partial charge on any atom is -0.428 e. The summed E-state index contributed by atoms with van der Waals surface area (Å²) in [6.45, 7) is 0. The number of rotatable bonds is 11. The van der Waals surface area contributed by atoms with Gasteiger partial charge in [-0.15, -0.1) is 0 Å². The van der Waals surface area contributed by atoms with Gasteiger partial charge in [0, 0.05) is 11.1 Å². The van der Waals surface area contributed by atoms with Crippen LogP contribution in [-0.4, -0.2) is 61.4 Å². The smallest absolute Gasteiger partial charge is 0.428 e. The van der Waals surface area contributed by atoms with Crippen molar-refractivity contribution in [1.29, 1.82) is 0 Å². The van der Waals surface area contributed by atoms with Crippen LogP contribution in [0.5, 0.6) is 5.75 Å². The zero-order valence-electron chi connectivity index (χ0n) is 16.4. The number of carbonyl (C=O) groups excluding carboxylic acids is 2. The van der Waals surface area contributed by atoms with Gasteiger partial charge in [0.25, 0.3) is 0 Å². The van der Waals surface area contributed by atoms with Crippen LogP contribution in [0.2, 0.25) is 0 Å². The molecule has 0 aliphatic rings. The van der Waals surface area contributed by atoms with Crippen LogP contribution in [0.1, 0.15) is 11.1 Å². The van der Waals surface area contributed by atoms with Crippen LogP contribution >= 0.6 is 0 Å². The fourth-order valence-corrected chi connectivity index (χ4v) is 1.94. The molecule has 0 aromatic heterocycles. The second-order valence-electron chi connectivity index (χ2n) is 6.35.